The number of hydrogen-bond donors (Lipinski definition) is 1. The molecule has 0 spiro atoms. The van der Waals surface area contributed by atoms with Crippen molar-refractivity contribution in [3.05, 3.63) is 28.2 Å². The fraction of sp³-hybridized carbons (Fsp3) is 0.600. The molecular formula is C15H24BrNO2. The minimum Gasteiger partial charge on any atom is -0.492 e. The molecule has 4 heteroatoms. The van der Waals surface area contributed by atoms with Gasteiger partial charge in [0.15, 0.2) is 0 Å². The predicted molar refractivity (Wildman–Crippen MR) is 82.7 cm³/mol. The van der Waals surface area contributed by atoms with Gasteiger partial charge < -0.3 is 14.8 Å². The van der Waals surface area contributed by atoms with Crippen LogP contribution in [0.2, 0.25) is 0 Å². The van der Waals surface area contributed by atoms with Crippen LogP contribution in [0.15, 0.2) is 22.7 Å². The largest absolute Gasteiger partial charge is 0.492 e. The third-order valence-electron chi connectivity index (χ3n) is 2.76. The highest BCUT2D eigenvalue weighted by molar-refractivity contribution is 9.10. The topological polar surface area (TPSA) is 30.5 Å². The van der Waals surface area contributed by atoms with E-state index in [2.05, 4.69) is 47.2 Å². The summed E-state index contributed by atoms with van der Waals surface area (Å²) in [6.45, 7) is 7.61. The number of ether oxygens (including phenoxy) is 2. The molecule has 0 aliphatic carbocycles. The lowest BCUT2D eigenvalue weighted by atomic mass is 10.1. The minimum absolute atomic E-state index is 0.669. The fourth-order valence-corrected chi connectivity index (χ4v) is 2.12. The third kappa shape index (κ3) is 6.95. The van der Waals surface area contributed by atoms with Crippen LogP contribution in [0.5, 0.6) is 5.75 Å². The van der Waals surface area contributed by atoms with Gasteiger partial charge in [0.05, 0.1) is 17.7 Å². The average molecular weight is 330 g/mol. The highest BCUT2D eigenvalue weighted by atomic mass is 79.9. The highest BCUT2D eigenvalue weighted by Crippen LogP contribution is 2.26. The van der Waals surface area contributed by atoms with Crippen LogP contribution >= 0.6 is 15.9 Å². The molecule has 0 bridgehead atoms. The van der Waals surface area contributed by atoms with Gasteiger partial charge in [-0.25, -0.2) is 0 Å². The fourth-order valence-electron chi connectivity index (χ4n) is 1.58. The molecule has 0 atom stereocenters. The molecule has 1 aromatic rings. The smallest absolute Gasteiger partial charge is 0.133 e. The van der Waals surface area contributed by atoms with Crippen LogP contribution in [0, 0.1) is 5.92 Å². The van der Waals surface area contributed by atoms with Crippen molar-refractivity contribution in [1.82, 2.24) is 5.32 Å². The molecule has 3 nitrogen and oxygen atoms in total. The standard InChI is InChI=1S/C15H24BrNO2/c1-12(2)6-8-19-15-5-4-13(10-14(15)16)11-17-7-9-18-3/h4-5,10,12,17H,6-9,11H2,1-3H3. The Hall–Kier alpha value is -0.580. The number of methoxy groups -OCH3 is 1. The van der Waals surface area contributed by atoms with Crippen LogP contribution in [-0.4, -0.2) is 26.9 Å². The Bertz CT molecular complexity index is 369. The Morgan fingerprint density at radius 2 is 2.05 bits per heavy atom. The van der Waals surface area contributed by atoms with Crippen molar-refractivity contribution in [3.63, 3.8) is 0 Å². The molecule has 0 radical (unpaired) electrons. The van der Waals surface area contributed by atoms with Gasteiger partial charge in [0.2, 0.25) is 0 Å². The van der Waals surface area contributed by atoms with Crippen LogP contribution in [-0.2, 0) is 11.3 Å². The molecule has 0 unspecified atom stereocenters. The van der Waals surface area contributed by atoms with E-state index in [1.54, 1.807) is 7.11 Å². The summed E-state index contributed by atoms with van der Waals surface area (Å²) in [4.78, 5) is 0. The summed E-state index contributed by atoms with van der Waals surface area (Å²) in [6.07, 6.45) is 1.08. The lowest BCUT2D eigenvalue weighted by Crippen LogP contribution is -2.18. The second-order valence-corrected chi connectivity index (χ2v) is 5.82. The molecule has 0 aliphatic rings. The second-order valence-electron chi connectivity index (χ2n) is 4.97. The molecule has 0 saturated carbocycles. The first-order valence-corrected chi connectivity index (χ1v) is 7.53. The van der Waals surface area contributed by atoms with Crippen molar-refractivity contribution < 1.29 is 9.47 Å². The van der Waals surface area contributed by atoms with E-state index in [4.69, 9.17) is 9.47 Å². The Labute approximate surface area is 124 Å². The van der Waals surface area contributed by atoms with E-state index >= 15 is 0 Å². The Morgan fingerprint density at radius 1 is 1.26 bits per heavy atom. The molecule has 0 fully saturated rings. The molecular weight excluding hydrogens is 306 g/mol. The van der Waals surface area contributed by atoms with Crippen LogP contribution < -0.4 is 10.1 Å². The van der Waals surface area contributed by atoms with Gasteiger partial charge in [0, 0.05) is 20.2 Å². The summed E-state index contributed by atoms with van der Waals surface area (Å²) < 4.78 is 11.8. The van der Waals surface area contributed by atoms with E-state index in [1.807, 2.05) is 6.07 Å². The average Bonchev–Trinajstić information content (AvgIpc) is 2.37. The number of rotatable bonds is 9. The molecule has 1 rings (SSSR count). The summed E-state index contributed by atoms with van der Waals surface area (Å²) >= 11 is 3.56. The molecule has 0 aliphatic heterocycles. The molecule has 0 heterocycles. The maximum atomic E-state index is 5.76. The van der Waals surface area contributed by atoms with Crippen molar-refractivity contribution in [1.29, 1.82) is 0 Å². The van der Waals surface area contributed by atoms with E-state index in [1.165, 1.54) is 5.56 Å². The lowest BCUT2D eigenvalue weighted by Gasteiger charge is -2.11. The van der Waals surface area contributed by atoms with Gasteiger partial charge >= 0.3 is 0 Å². The zero-order valence-corrected chi connectivity index (χ0v) is 13.6. The van der Waals surface area contributed by atoms with Gasteiger partial charge in [-0.3, -0.25) is 0 Å². The summed E-state index contributed by atoms with van der Waals surface area (Å²) in [5.41, 5.74) is 1.24. The van der Waals surface area contributed by atoms with E-state index in [-0.39, 0.29) is 0 Å². The van der Waals surface area contributed by atoms with Crippen molar-refractivity contribution in [2.75, 3.05) is 26.9 Å². The summed E-state index contributed by atoms with van der Waals surface area (Å²) in [7, 11) is 1.71. The van der Waals surface area contributed by atoms with Crippen LogP contribution in [0.3, 0.4) is 0 Å². The number of benzene rings is 1. The predicted octanol–water partition coefficient (Wildman–Crippen LogP) is 3.61. The molecule has 0 saturated heterocycles. The Kier molecular flexibility index (Phi) is 8.10. The van der Waals surface area contributed by atoms with Crippen LogP contribution in [0.4, 0.5) is 0 Å². The summed E-state index contributed by atoms with van der Waals surface area (Å²) in [5, 5.41) is 3.32. The third-order valence-corrected chi connectivity index (χ3v) is 3.38. The number of halogens is 1. The maximum Gasteiger partial charge on any atom is 0.133 e. The van der Waals surface area contributed by atoms with E-state index in [9.17, 15) is 0 Å². The molecule has 1 aromatic carbocycles. The van der Waals surface area contributed by atoms with Crippen LogP contribution in [0.25, 0.3) is 0 Å². The van der Waals surface area contributed by atoms with Gasteiger partial charge in [-0.2, -0.15) is 0 Å². The number of nitrogens with one attached hydrogen (secondary N) is 1. The van der Waals surface area contributed by atoms with Gasteiger partial charge in [0.1, 0.15) is 5.75 Å². The molecule has 108 valence electrons. The van der Waals surface area contributed by atoms with Crippen molar-refractivity contribution >= 4 is 15.9 Å². The first-order valence-electron chi connectivity index (χ1n) is 6.74. The van der Waals surface area contributed by atoms with Crippen LogP contribution in [0.1, 0.15) is 25.8 Å². The zero-order chi connectivity index (χ0) is 14.1. The van der Waals surface area contributed by atoms with Gasteiger partial charge in [-0.05, 0) is 46.0 Å². The molecule has 1 N–H and O–H groups in total. The second kappa shape index (κ2) is 9.34. The quantitative estimate of drug-likeness (QED) is 0.702. The van der Waals surface area contributed by atoms with Crippen molar-refractivity contribution in [2.24, 2.45) is 5.92 Å². The minimum atomic E-state index is 0.669. The van der Waals surface area contributed by atoms with Gasteiger partial charge in [-0.1, -0.05) is 19.9 Å². The normalized spacial score (nSPS) is 11.0. The number of hydrogen-bond acceptors (Lipinski definition) is 3. The van der Waals surface area contributed by atoms with E-state index in [0.29, 0.717) is 5.92 Å². The van der Waals surface area contributed by atoms with Crippen molar-refractivity contribution in [2.45, 2.75) is 26.8 Å². The Balaban J connectivity index is 2.40. The van der Waals surface area contributed by atoms with E-state index in [0.717, 1.165) is 42.9 Å². The van der Waals surface area contributed by atoms with E-state index < -0.39 is 0 Å². The summed E-state index contributed by atoms with van der Waals surface area (Å²) in [5.74, 6) is 1.59. The first-order chi connectivity index (χ1) is 9.13. The summed E-state index contributed by atoms with van der Waals surface area (Å²) in [6, 6.07) is 6.22. The Morgan fingerprint density at radius 3 is 2.68 bits per heavy atom. The zero-order valence-electron chi connectivity index (χ0n) is 12.0. The highest BCUT2D eigenvalue weighted by Gasteiger charge is 2.03. The maximum absolute atomic E-state index is 5.76. The first kappa shape index (κ1) is 16.5. The molecule has 19 heavy (non-hydrogen) atoms. The lowest BCUT2D eigenvalue weighted by molar-refractivity contribution is 0.199. The van der Waals surface area contributed by atoms with Gasteiger partial charge in [-0.15, -0.1) is 0 Å². The molecule has 0 amide bonds. The molecule has 0 aromatic heterocycles. The monoisotopic (exact) mass is 329 g/mol. The SMILES string of the molecule is COCCNCc1ccc(OCCC(C)C)c(Br)c1. The van der Waals surface area contributed by atoms with Crippen molar-refractivity contribution in [3.8, 4) is 5.75 Å². The van der Waals surface area contributed by atoms with Gasteiger partial charge in [0.25, 0.3) is 0 Å².